The summed E-state index contributed by atoms with van der Waals surface area (Å²) in [6, 6.07) is 29.1. The van der Waals surface area contributed by atoms with Gasteiger partial charge in [0.05, 0.1) is 5.69 Å². The van der Waals surface area contributed by atoms with Crippen LogP contribution in [0.2, 0.25) is 0 Å². The molecule has 2 aromatic heterocycles. The first-order valence-electron chi connectivity index (χ1n) is 10.8. The van der Waals surface area contributed by atoms with E-state index in [1.807, 2.05) is 91.1 Å². The second-order valence-electron chi connectivity index (χ2n) is 7.71. The van der Waals surface area contributed by atoms with E-state index in [0.717, 1.165) is 22.0 Å². The van der Waals surface area contributed by atoms with Crippen LogP contribution >= 0.6 is 0 Å². The highest BCUT2D eigenvalue weighted by atomic mass is 16.2. The Labute approximate surface area is 190 Å². The van der Waals surface area contributed by atoms with Crippen molar-refractivity contribution in [2.24, 2.45) is 0 Å². The van der Waals surface area contributed by atoms with Gasteiger partial charge in [-0.05, 0) is 23.1 Å². The van der Waals surface area contributed by atoms with Crippen LogP contribution < -0.4 is 10.9 Å². The number of amides is 1. The number of benzene rings is 3. The Morgan fingerprint density at radius 2 is 1.52 bits per heavy atom. The van der Waals surface area contributed by atoms with Crippen molar-refractivity contribution in [1.82, 2.24) is 20.1 Å². The van der Waals surface area contributed by atoms with Gasteiger partial charge in [-0.25, -0.2) is 5.10 Å². The molecule has 0 fully saturated rings. The van der Waals surface area contributed by atoms with Gasteiger partial charge in [0.15, 0.2) is 0 Å². The van der Waals surface area contributed by atoms with E-state index in [2.05, 4.69) is 26.1 Å². The molecular weight excluding hydrogens is 412 g/mol. The third-order valence-electron chi connectivity index (χ3n) is 5.64. The van der Waals surface area contributed by atoms with E-state index < -0.39 is 11.5 Å². The summed E-state index contributed by atoms with van der Waals surface area (Å²) in [5.41, 5.74) is 3.31. The van der Waals surface area contributed by atoms with Crippen LogP contribution in [0, 0.1) is 0 Å². The number of nitrogens with zero attached hydrogens (tertiary/aromatic N) is 2. The van der Waals surface area contributed by atoms with Crippen LogP contribution in [0.3, 0.4) is 0 Å². The average Bonchev–Trinajstić information content (AvgIpc) is 3.28. The summed E-state index contributed by atoms with van der Waals surface area (Å²) >= 11 is 0. The van der Waals surface area contributed by atoms with Crippen LogP contribution in [0.25, 0.3) is 33.3 Å². The first-order chi connectivity index (χ1) is 16.2. The zero-order valence-electron chi connectivity index (χ0n) is 17.9. The molecule has 0 aliphatic carbocycles. The van der Waals surface area contributed by atoms with Gasteiger partial charge in [0.2, 0.25) is 0 Å². The highest BCUT2D eigenvalue weighted by Crippen LogP contribution is 2.31. The molecule has 162 valence electrons. The second-order valence-corrected chi connectivity index (χ2v) is 7.71. The molecule has 2 N–H and O–H groups in total. The smallest absolute Gasteiger partial charge is 0.277 e. The van der Waals surface area contributed by atoms with Crippen molar-refractivity contribution in [1.29, 1.82) is 0 Å². The molecule has 6 heteroatoms. The number of aromatic nitrogens is 3. The number of H-pyrrole nitrogens is 1. The summed E-state index contributed by atoms with van der Waals surface area (Å²) in [4.78, 5) is 26.1. The van der Waals surface area contributed by atoms with E-state index in [9.17, 15) is 9.59 Å². The second kappa shape index (κ2) is 8.96. The SMILES string of the molecule is O=C(NCCn1ccc2ccccc21)c1c(-c2ccccc2)c(-c2ccccc2)n[nH]c1=O. The molecule has 33 heavy (non-hydrogen) atoms. The van der Waals surface area contributed by atoms with Crippen molar-refractivity contribution >= 4 is 16.8 Å². The maximum Gasteiger partial charge on any atom is 0.277 e. The molecule has 0 saturated carbocycles. The average molecular weight is 434 g/mol. The van der Waals surface area contributed by atoms with Gasteiger partial charge in [-0.15, -0.1) is 0 Å². The molecule has 2 heterocycles. The third-order valence-corrected chi connectivity index (χ3v) is 5.64. The number of nitrogens with one attached hydrogen (secondary N) is 2. The molecule has 6 nitrogen and oxygen atoms in total. The van der Waals surface area contributed by atoms with Gasteiger partial charge >= 0.3 is 0 Å². The number of hydrogen-bond acceptors (Lipinski definition) is 3. The molecule has 0 radical (unpaired) electrons. The van der Waals surface area contributed by atoms with E-state index >= 15 is 0 Å². The molecular formula is C27H22N4O2. The van der Waals surface area contributed by atoms with E-state index in [1.165, 1.54) is 0 Å². The molecule has 5 aromatic rings. The van der Waals surface area contributed by atoms with Gasteiger partial charge in [0, 0.05) is 35.9 Å². The summed E-state index contributed by atoms with van der Waals surface area (Å²) in [7, 11) is 0. The standard InChI is InChI=1S/C27H22N4O2/c32-26(28-16-18-31-17-15-19-9-7-8-14-22(19)31)24-23(20-10-3-1-4-11-20)25(29-30-27(24)33)21-12-5-2-6-13-21/h1-15,17H,16,18H2,(H,28,32)(H,30,33). The monoisotopic (exact) mass is 434 g/mol. The summed E-state index contributed by atoms with van der Waals surface area (Å²) in [5.74, 6) is -0.425. The maximum absolute atomic E-state index is 13.3. The molecule has 0 aliphatic heterocycles. The van der Waals surface area contributed by atoms with Crippen molar-refractivity contribution in [3.8, 4) is 22.4 Å². The molecule has 0 saturated heterocycles. The van der Waals surface area contributed by atoms with Crippen molar-refractivity contribution in [2.45, 2.75) is 6.54 Å². The summed E-state index contributed by atoms with van der Waals surface area (Å²) < 4.78 is 2.08. The number of rotatable bonds is 6. The van der Waals surface area contributed by atoms with Crippen LogP contribution in [0.4, 0.5) is 0 Å². The van der Waals surface area contributed by atoms with E-state index in [0.29, 0.717) is 24.3 Å². The number of aromatic amines is 1. The summed E-state index contributed by atoms with van der Waals surface area (Å²) in [6.45, 7) is 0.975. The minimum atomic E-state index is -0.516. The van der Waals surface area contributed by atoms with Crippen LogP contribution in [0.5, 0.6) is 0 Å². The number of carbonyl (C=O) groups is 1. The lowest BCUT2D eigenvalue weighted by molar-refractivity contribution is 0.0951. The maximum atomic E-state index is 13.3. The fourth-order valence-corrected chi connectivity index (χ4v) is 4.07. The lowest BCUT2D eigenvalue weighted by atomic mass is 9.95. The minimum Gasteiger partial charge on any atom is -0.350 e. The lowest BCUT2D eigenvalue weighted by Gasteiger charge is -2.14. The van der Waals surface area contributed by atoms with Gasteiger partial charge in [0.1, 0.15) is 5.56 Å². The fraction of sp³-hybridized carbons (Fsp3) is 0.0741. The third kappa shape index (κ3) is 4.06. The Morgan fingerprint density at radius 3 is 2.27 bits per heavy atom. The van der Waals surface area contributed by atoms with Crippen LogP contribution in [0.1, 0.15) is 10.4 Å². The van der Waals surface area contributed by atoms with Gasteiger partial charge in [-0.1, -0.05) is 78.9 Å². The Bertz CT molecular complexity index is 1470. The van der Waals surface area contributed by atoms with Crippen molar-refractivity contribution in [3.63, 3.8) is 0 Å². The highest BCUT2D eigenvalue weighted by molar-refractivity contribution is 6.03. The van der Waals surface area contributed by atoms with Crippen LogP contribution in [0.15, 0.2) is 102 Å². The number of fused-ring (bicyclic) bond motifs is 1. The molecule has 3 aromatic carbocycles. The molecule has 1 amide bonds. The van der Waals surface area contributed by atoms with E-state index in [4.69, 9.17) is 0 Å². The largest absolute Gasteiger partial charge is 0.350 e. The van der Waals surface area contributed by atoms with Crippen LogP contribution in [-0.4, -0.2) is 27.2 Å². The Morgan fingerprint density at radius 1 is 0.848 bits per heavy atom. The Kier molecular flexibility index (Phi) is 5.55. The van der Waals surface area contributed by atoms with Crippen LogP contribution in [-0.2, 0) is 6.54 Å². The summed E-state index contributed by atoms with van der Waals surface area (Å²) in [6.07, 6.45) is 2.00. The zero-order valence-corrected chi connectivity index (χ0v) is 17.9. The quantitative estimate of drug-likeness (QED) is 0.413. The fourth-order valence-electron chi connectivity index (χ4n) is 4.07. The number of hydrogen-bond donors (Lipinski definition) is 2. The molecule has 0 aliphatic rings. The summed E-state index contributed by atoms with van der Waals surface area (Å²) in [5, 5.41) is 10.9. The van der Waals surface area contributed by atoms with Gasteiger partial charge < -0.3 is 9.88 Å². The Hall–Kier alpha value is -4.45. The normalized spacial score (nSPS) is 10.9. The predicted octanol–water partition coefficient (Wildman–Crippen LogP) is 4.49. The molecule has 0 spiro atoms. The van der Waals surface area contributed by atoms with Gasteiger partial charge in [0.25, 0.3) is 11.5 Å². The number of carbonyl (C=O) groups excluding carboxylic acids is 1. The minimum absolute atomic E-state index is 0.0624. The first kappa shape index (κ1) is 20.5. The van der Waals surface area contributed by atoms with Crippen molar-refractivity contribution in [2.75, 3.05) is 6.54 Å². The molecule has 0 unspecified atom stereocenters. The lowest BCUT2D eigenvalue weighted by Crippen LogP contribution is -2.33. The molecule has 0 bridgehead atoms. The van der Waals surface area contributed by atoms with E-state index in [-0.39, 0.29) is 5.56 Å². The first-order valence-corrected chi connectivity index (χ1v) is 10.8. The topological polar surface area (TPSA) is 79.8 Å². The Balaban J connectivity index is 1.49. The van der Waals surface area contributed by atoms with Gasteiger partial charge in [-0.3, -0.25) is 9.59 Å². The zero-order chi connectivity index (χ0) is 22.6. The van der Waals surface area contributed by atoms with Gasteiger partial charge in [-0.2, -0.15) is 5.10 Å². The number of para-hydroxylation sites is 1. The predicted molar refractivity (Wildman–Crippen MR) is 130 cm³/mol. The molecule has 0 atom stereocenters. The highest BCUT2D eigenvalue weighted by Gasteiger charge is 2.22. The van der Waals surface area contributed by atoms with Crippen molar-refractivity contribution in [3.05, 3.63) is 113 Å². The van der Waals surface area contributed by atoms with Crippen molar-refractivity contribution < 1.29 is 4.79 Å². The molecule has 5 rings (SSSR count). The van der Waals surface area contributed by atoms with E-state index in [1.54, 1.807) is 0 Å².